The summed E-state index contributed by atoms with van der Waals surface area (Å²) in [6.45, 7) is 1.62. The van der Waals surface area contributed by atoms with Crippen molar-refractivity contribution in [3.8, 4) is 0 Å². The molecule has 0 unspecified atom stereocenters. The van der Waals surface area contributed by atoms with Crippen LogP contribution in [0.5, 0.6) is 0 Å². The quantitative estimate of drug-likeness (QED) is 0.428. The predicted molar refractivity (Wildman–Crippen MR) is 50.0 cm³/mol. The van der Waals surface area contributed by atoms with E-state index in [1.807, 2.05) is 0 Å². The SMILES string of the molecule is Cc1ccc(NC(=O)/C=N/O)cc1F. The number of aryl methyl sites for hydroxylation is 1. The topological polar surface area (TPSA) is 61.7 Å². The molecule has 0 aliphatic rings. The molecule has 0 aliphatic heterocycles. The summed E-state index contributed by atoms with van der Waals surface area (Å²) >= 11 is 0. The van der Waals surface area contributed by atoms with Gasteiger partial charge in [0.05, 0.1) is 0 Å². The minimum Gasteiger partial charge on any atom is -0.411 e. The zero-order valence-electron chi connectivity index (χ0n) is 7.49. The Balaban J connectivity index is 2.78. The zero-order valence-corrected chi connectivity index (χ0v) is 7.49. The third-order valence-electron chi connectivity index (χ3n) is 1.61. The van der Waals surface area contributed by atoms with Crippen LogP contribution < -0.4 is 5.32 Å². The number of benzene rings is 1. The van der Waals surface area contributed by atoms with Crippen molar-refractivity contribution in [3.63, 3.8) is 0 Å². The second kappa shape index (κ2) is 4.36. The minimum absolute atomic E-state index is 0.318. The number of nitrogens with one attached hydrogen (secondary N) is 1. The molecule has 2 N–H and O–H groups in total. The maximum Gasteiger partial charge on any atom is 0.270 e. The van der Waals surface area contributed by atoms with Gasteiger partial charge in [0.15, 0.2) is 0 Å². The molecule has 1 rings (SSSR count). The molecule has 0 spiro atoms. The molecule has 0 heterocycles. The molecule has 4 nitrogen and oxygen atoms in total. The molecule has 0 radical (unpaired) electrons. The Labute approximate surface area is 80.0 Å². The van der Waals surface area contributed by atoms with E-state index in [0.29, 0.717) is 17.5 Å². The van der Waals surface area contributed by atoms with Crippen LogP contribution in [-0.2, 0) is 4.79 Å². The van der Waals surface area contributed by atoms with Gasteiger partial charge in [-0.15, -0.1) is 0 Å². The fourth-order valence-corrected chi connectivity index (χ4v) is 0.898. The number of oxime groups is 1. The monoisotopic (exact) mass is 196 g/mol. The van der Waals surface area contributed by atoms with Crippen LogP contribution in [0.3, 0.4) is 0 Å². The first-order valence-electron chi connectivity index (χ1n) is 3.88. The Hall–Kier alpha value is -1.91. The van der Waals surface area contributed by atoms with Crippen LogP contribution in [0.1, 0.15) is 5.56 Å². The van der Waals surface area contributed by atoms with Crippen LogP contribution in [-0.4, -0.2) is 17.3 Å². The van der Waals surface area contributed by atoms with Gasteiger partial charge < -0.3 is 10.5 Å². The summed E-state index contributed by atoms with van der Waals surface area (Å²) in [5.41, 5.74) is 0.817. The van der Waals surface area contributed by atoms with Gasteiger partial charge in [-0.05, 0) is 24.6 Å². The second-order valence-electron chi connectivity index (χ2n) is 2.70. The summed E-state index contributed by atoms with van der Waals surface area (Å²) in [5.74, 6) is -1.01. The highest BCUT2D eigenvalue weighted by Crippen LogP contribution is 2.12. The molecule has 0 bridgehead atoms. The highest BCUT2D eigenvalue weighted by Gasteiger charge is 2.01. The average molecular weight is 196 g/mol. The average Bonchev–Trinajstić information content (AvgIpc) is 2.12. The molecule has 5 heteroatoms. The van der Waals surface area contributed by atoms with E-state index in [0.717, 1.165) is 0 Å². The minimum atomic E-state index is -0.615. The lowest BCUT2D eigenvalue weighted by Crippen LogP contribution is -2.12. The molecule has 74 valence electrons. The molecule has 1 amide bonds. The molecule has 0 aromatic heterocycles. The van der Waals surface area contributed by atoms with E-state index in [4.69, 9.17) is 5.21 Å². The van der Waals surface area contributed by atoms with Crippen molar-refractivity contribution >= 4 is 17.8 Å². The predicted octanol–water partition coefficient (Wildman–Crippen LogP) is 1.53. The highest BCUT2D eigenvalue weighted by atomic mass is 19.1. The maximum atomic E-state index is 13.0. The number of hydrogen-bond donors (Lipinski definition) is 2. The van der Waals surface area contributed by atoms with E-state index < -0.39 is 11.7 Å². The highest BCUT2D eigenvalue weighted by molar-refractivity contribution is 6.31. The number of amides is 1. The first-order chi connectivity index (χ1) is 6.63. The fourth-order valence-electron chi connectivity index (χ4n) is 0.898. The van der Waals surface area contributed by atoms with Crippen molar-refractivity contribution in [1.82, 2.24) is 0 Å². The number of carbonyl (C=O) groups is 1. The van der Waals surface area contributed by atoms with Crippen molar-refractivity contribution in [3.05, 3.63) is 29.6 Å². The van der Waals surface area contributed by atoms with Crippen molar-refractivity contribution in [1.29, 1.82) is 0 Å². The van der Waals surface area contributed by atoms with Gasteiger partial charge in [-0.2, -0.15) is 0 Å². The summed E-state index contributed by atoms with van der Waals surface area (Å²) in [4.78, 5) is 10.9. The summed E-state index contributed by atoms with van der Waals surface area (Å²) in [6, 6.07) is 4.29. The van der Waals surface area contributed by atoms with E-state index in [9.17, 15) is 9.18 Å². The van der Waals surface area contributed by atoms with Crippen LogP contribution in [0, 0.1) is 12.7 Å². The normalized spacial score (nSPS) is 10.4. The van der Waals surface area contributed by atoms with E-state index in [1.165, 1.54) is 6.07 Å². The second-order valence-corrected chi connectivity index (χ2v) is 2.70. The number of halogens is 1. The summed E-state index contributed by atoms with van der Waals surface area (Å²) in [7, 11) is 0. The first-order valence-corrected chi connectivity index (χ1v) is 3.88. The van der Waals surface area contributed by atoms with Gasteiger partial charge in [0.2, 0.25) is 0 Å². The van der Waals surface area contributed by atoms with Crippen LogP contribution in [0.4, 0.5) is 10.1 Å². The maximum absolute atomic E-state index is 13.0. The Bertz CT molecular complexity index is 377. The lowest BCUT2D eigenvalue weighted by Gasteiger charge is -2.02. The lowest BCUT2D eigenvalue weighted by atomic mass is 10.2. The lowest BCUT2D eigenvalue weighted by molar-refractivity contribution is -0.110. The summed E-state index contributed by atoms with van der Waals surface area (Å²) < 4.78 is 13.0. The Kier molecular flexibility index (Phi) is 3.17. The van der Waals surface area contributed by atoms with Gasteiger partial charge in [0, 0.05) is 5.69 Å². The molecule has 0 aliphatic carbocycles. The zero-order chi connectivity index (χ0) is 10.6. The molecule has 0 atom stereocenters. The smallest absolute Gasteiger partial charge is 0.270 e. The molecule has 0 saturated carbocycles. The van der Waals surface area contributed by atoms with Gasteiger partial charge in [0.25, 0.3) is 5.91 Å². The fraction of sp³-hybridized carbons (Fsp3) is 0.111. The van der Waals surface area contributed by atoms with E-state index in [2.05, 4.69) is 10.5 Å². The van der Waals surface area contributed by atoms with Crippen LogP contribution in [0.2, 0.25) is 0 Å². The number of hydrogen-bond acceptors (Lipinski definition) is 3. The third kappa shape index (κ3) is 2.55. The van der Waals surface area contributed by atoms with Gasteiger partial charge >= 0.3 is 0 Å². The number of nitrogens with zero attached hydrogens (tertiary/aromatic N) is 1. The Morgan fingerprint density at radius 1 is 1.64 bits per heavy atom. The molecular weight excluding hydrogens is 187 g/mol. The first kappa shape index (κ1) is 10.2. The van der Waals surface area contributed by atoms with Crippen molar-refractivity contribution in [2.75, 3.05) is 5.32 Å². The summed E-state index contributed by atoms with van der Waals surface area (Å²) in [5, 5.41) is 12.9. The van der Waals surface area contributed by atoms with E-state index in [-0.39, 0.29) is 0 Å². The molecule has 1 aromatic rings. The number of carbonyl (C=O) groups excluding carboxylic acids is 1. The van der Waals surface area contributed by atoms with Crippen molar-refractivity contribution < 1.29 is 14.4 Å². The summed E-state index contributed by atoms with van der Waals surface area (Å²) in [6.07, 6.45) is 0.692. The van der Waals surface area contributed by atoms with Gasteiger partial charge in [0.1, 0.15) is 12.0 Å². The van der Waals surface area contributed by atoms with Crippen molar-refractivity contribution in [2.45, 2.75) is 6.92 Å². The molecule has 0 saturated heterocycles. The van der Waals surface area contributed by atoms with Gasteiger partial charge in [-0.1, -0.05) is 11.2 Å². The van der Waals surface area contributed by atoms with Crippen LogP contribution >= 0.6 is 0 Å². The molecule has 1 aromatic carbocycles. The Morgan fingerprint density at radius 3 is 2.93 bits per heavy atom. The molecular formula is C9H9FN2O2. The standard InChI is InChI=1S/C9H9FN2O2/c1-6-2-3-7(4-8(6)10)12-9(13)5-11-14/h2-5,14H,1H3,(H,12,13)/b11-5+. The van der Waals surface area contributed by atoms with Crippen LogP contribution in [0.25, 0.3) is 0 Å². The molecule has 0 fully saturated rings. The Morgan fingerprint density at radius 2 is 2.36 bits per heavy atom. The number of anilines is 1. The largest absolute Gasteiger partial charge is 0.411 e. The molecule has 14 heavy (non-hydrogen) atoms. The third-order valence-corrected chi connectivity index (χ3v) is 1.61. The van der Waals surface area contributed by atoms with Crippen LogP contribution in [0.15, 0.2) is 23.4 Å². The van der Waals surface area contributed by atoms with Gasteiger partial charge in [-0.3, -0.25) is 4.79 Å². The number of rotatable bonds is 2. The van der Waals surface area contributed by atoms with E-state index in [1.54, 1.807) is 19.1 Å². The van der Waals surface area contributed by atoms with Crippen molar-refractivity contribution in [2.24, 2.45) is 5.16 Å². The van der Waals surface area contributed by atoms with Gasteiger partial charge in [-0.25, -0.2) is 4.39 Å². The van der Waals surface area contributed by atoms with E-state index >= 15 is 0 Å².